The molecule has 10 rings (SSSR count). The molecule has 0 N–H and O–H groups in total. The van der Waals surface area contributed by atoms with E-state index in [1.807, 2.05) is 11.3 Å². The van der Waals surface area contributed by atoms with Crippen LogP contribution in [0.5, 0.6) is 0 Å². The van der Waals surface area contributed by atoms with Gasteiger partial charge in [-0.3, -0.25) is 0 Å². The third-order valence-electron chi connectivity index (χ3n) is 10.0. The molecule has 9 aromatic carbocycles. The zero-order valence-corrected chi connectivity index (χ0v) is 28.1. The van der Waals surface area contributed by atoms with Gasteiger partial charge >= 0.3 is 0 Å². The van der Waals surface area contributed by atoms with Gasteiger partial charge in [0.05, 0.1) is 0 Å². The zero-order valence-electron chi connectivity index (χ0n) is 27.3. The summed E-state index contributed by atoms with van der Waals surface area (Å²) >= 11 is 1.88. The molecule has 0 amide bonds. The summed E-state index contributed by atoms with van der Waals surface area (Å²) in [7, 11) is 0. The first-order valence-corrected chi connectivity index (χ1v) is 17.9. The summed E-state index contributed by atoms with van der Waals surface area (Å²) in [6.07, 6.45) is 0. The Morgan fingerprint density at radius 3 is 1.82 bits per heavy atom. The average Bonchev–Trinajstić information content (AvgIpc) is 3.55. The smallest absolute Gasteiger partial charge is 0.0468 e. The largest absolute Gasteiger partial charge is 0.310 e. The zero-order chi connectivity index (χ0) is 33.0. The topological polar surface area (TPSA) is 3.24 Å². The summed E-state index contributed by atoms with van der Waals surface area (Å²) in [5.41, 5.74) is 8.41. The van der Waals surface area contributed by atoms with E-state index in [2.05, 4.69) is 193 Å². The van der Waals surface area contributed by atoms with Crippen LogP contribution in [-0.4, -0.2) is 0 Å². The molecule has 0 spiro atoms. The van der Waals surface area contributed by atoms with Gasteiger partial charge in [0.2, 0.25) is 0 Å². The molecule has 0 radical (unpaired) electrons. The van der Waals surface area contributed by atoms with Gasteiger partial charge in [-0.1, -0.05) is 133 Å². The van der Waals surface area contributed by atoms with Gasteiger partial charge in [0.25, 0.3) is 0 Å². The number of fused-ring (bicyclic) bond motifs is 6. The molecule has 1 aromatic heterocycles. The molecule has 0 saturated heterocycles. The quantitative estimate of drug-likeness (QED) is 0.179. The number of hydrogen-bond donors (Lipinski definition) is 0. The molecule has 234 valence electrons. The van der Waals surface area contributed by atoms with E-state index in [1.165, 1.54) is 74.7 Å². The first-order chi connectivity index (χ1) is 24.8. The fourth-order valence-corrected chi connectivity index (χ4v) is 8.79. The number of nitrogens with zero attached hydrogens (tertiary/aromatic N) is 1. The molecule has 1 heterocycles. The van der Waals surface area contributed by atoms with Crippen molar-refractivity contribution < 1.29 is 0 Å². The van der Waals surface area contributed by atoms with Crippen molar-refractivity contribution in [2.75, 3.05) is 4.90 Å². The third kappa shape index (κ3) is 4.76. The molecule has 0 aliphatic carbocycles. The van der Waals surface area contributed by atoms with Gasteiger partial charge in [0.15, 0.2) is 0 Å². The molecular formula is C48H31NS. The summed E-state index contributed by atoms with van der Waals surface area (Å²) in [5, 5.41) is 10.2. The Kier molecular flexibility index (Phi) is 6.75. The van der Waals surface area contributed by atoms with Gasteiger partial charge in [0, 0.05) is 37.2 Å². The second-order valence-electron chi connectivity index (χ2n) is 12.9. The van der Waals surface area contributed by atoms with E-state index in [-0.39, 0.29) is 0 Å². The number of thiophene rings is 1. The van der Waals surface area contributed by atoms with Gasteiger partial charge in [-0.05, 0) is 109 Å². The Balaban J connectivity index is 1.18. The Labute approximate surface area is 294 Å². The minimum atomic E-state index is 1.12. The first kappa shape index (κ1) is 28.8. The van der Waals surface area contributed by atoms with Crippen LogP contribution in [0.15, 0.2) is 188 Å². The van der Waals surface area contributed by atoms with Gasteiger partial charge in [-0.2, -0.15) is 0 Å². The number of benzene rings is 9. The van der Waals surface area contributed by atoms with Gasteiger partial charge in [-0.15, -0.1) is 11.3 Å². The number of para-hydroxylation sites is 1. The minimum absolute atomic E-state index is 1.12. The van der Waals surface area contributed by atoms with Crippen LogP contribution < -0.4 is 4.90 Å². The van der Waals surface area contributed by atoms with Crippen molar-refractivity contribution in [2.45, 2.75) is 0 Å². The van der Waals surface area contributed by atoms with E-state index in [4.69, 9.17) is 0 Å². The van der Waals surface area contributed by atoms with Gasteiger partial charge < -0.3 is 4.90 Å². The number of rotatable bonds is 5. The summed E-state index contributed by atoms with van der Waals surface area (Å²) in [6, 6.07) is 68.7. The maximum atomic E-state index is 2.40. The van der Waals surface area contributed by atoms with E-state index < -0.39 is 0 Å². The first-order valence-electron chi connectivity index (χ1n) is 17.1. The molecule has 1 nitrogen and oxygen atoms in total. The highest BCUT2D eigenvalue weighted by Crippen LogP contribution is 2.47. The van der Waals surface area contributed by atoms with Crippen LogP contribution in [0.4, 0.5) is 17.1 Å². The molecule has 0 aliphatic rings. The summed E-state index contributed by atoms with van der Waals surface area (Å²) in [4.78, 5) is 2.38. The molecule has 0 bridgehead atoms. The normalized spacial score (nSPS) is 11.6. The molecule has 0 atom stereocenters. The maximum absolute atomic E-state index is 2.40. The fraction of sp³-hybridized carbons (Fsp3) is 0. The average molecular weight is 654 g/mol. The Hall–Kier alpha value is -6.22. The van der Waals surface area contributed by atoms with Crippen LogP contribution in [-0.2, 0) is 0 Å². The standard InChI is InChI=1S/C48H31NS/c1-2-16-38(17-3-1)49(39-25-23-33(24-26-39)36-22-21-32-11-4-5-13-35(32)29-36)40-27-28-45-44(31-40)48-46(50-45)30-37-14-7-9-19-42(37)47(48)43-20-10-15-34-12-6-8-18-41(34)43/h1-31H. The monoisotopic (exact) mass is 653 g/mol. The van der Waals surface area contributed by atoms with Crippen molar-refractivity contribution >= 4 is 80.9 Å². The van der Waals surface area contributed by atoms with Crippen molar-refractivity contribution in [3.05, 3.63) is 188 Å². The van der Waals surface area contributed by atoms with E-state index in [1.54, 1.807) is 0 Å². The molecule has 0 aliphatic heterocycles. The van der Waals surface area contributed by atoms with E-state index in [0.29, 0.717) is 0 Å². The molecule has 0 saturated carbocycles. The van der Waals surface area contributed by atoms with Crippen LogP contribution in [0, 0.1) is 0 Å². The Morgan fingerprint density at radius 2 is 0.980 bits per heavy atom. The minimum Gasteiger partial charge on any atom is -0.310 e. The fourth-order valence-electron chi connectivity index (χ4n) is 7.65. The number of anilines is 3. The lowest BCUT2D eigenvalue weighted by molar-refractivity contribution is 1.29. The van der Waals surface area contributed by atoms with Gasteiger partial charge in [-0.25, -0.2) is 0 Å². The molecule has 50 heavy (non-hydrogen) atoms. The molecule has 2 heteroatoms. The highest BCUT2D eigenvalue weighted by atomic mass is 32.1. The van der Waals surface area contributed by atoms with Crippen LogP contribution in [0.2, 0.25) is 0 Å². The Bertz CT molecular complexity index is 2860. The van der Waals surface area contributed by atoms with Crippen LogP contribution in [0.25, 0.3) is 74.7 Å². The van der Waals surface area contributed by atoms with Crippen molar-refractivity contribution in [3.8, 4) is 22.3 Å². The van der Waals surface area contributed by atoms with Crippen molar-refractivity contribution in [1.29, 1.82) is 0 Å². The SMILES string of the molecule is c1ccc(N(c2ccc(-c3ccc4ccccc4c3)cc2)c2ccc3sc4cc5ccccc5c(-c5cccc6ccccc56)c4c3c2)cc1. The lowest BCUT2D eigenvalue weighted by Crippen LogP contribution is -2.09. The van der Waals surface area contributed by atoms with Crippen LogP contribution in [0.1, 0.15) is 0 Å². The maximum Gasteiger partial charge on any atom is 0.0468 e. The van der Waals surface area contributed by atoms with Gasteiger partial charge in [0.1, 0.15) is 0 Å². The summed E-state index contributed by atoms with van der Waals surface area (Å²) < 4.78 is 2.60. The predicted molar refractivity (Wildman–Crippen MR) is 217 cm³/mol. The summed E-state index contributed by atoms with van der Waals surface area (Å²) in [6.45, 7) is 0. The van der Waals surface area contributed by atoms with E-state index in [9.17, 15) is 0 Å². The molecule has 0 unspecified atom stereocenters. The summed E-state index contributed by atoms with van der Waals surface area (Å²) in [5.74, 6) is 0. The number of hydrogen-bond acceptors (Lipinski definition) is 2. The second-order valence-corrected chi connectivity index (χ2v) is 14.0. The molecule has 0 fully saturated rings. The van der Waals surface area contributed by atoms with Crippen LogP contribution in [0.3, 0.4) is 0 Å². The second kappa shape index (κ2) is 11.7. The van der Waals surface area contributed by atoms with Crippen molar-refractivity contribution in [2.24, 2.45) is 0 Å². The predicted octanol–water partition coefficient (Wildman–Crippen LogP) is 14.3. The molecular weight excluding hydrogens is 623 g/mol. The van der Waals surface area contributed by atoms with Crippen molar-refractivity contribution in [1.82, 2.24) is 0 Å². The lowest BCUT2D eigenvalue weighted by atomic mass is 9.90. The third-order valence-corrected chi connectivity index (χ3v) is 11.1. The van der Waals surface area contributed by atoms with Crippen LogP contribution >= 0.6 is 11.3 Å². The highest BCUT2D eigenvalue weighted by Gasteiger charge is 2.19. The molecule has 10 aromatic rings. The lowest BCUT2D eigenvalue weighted by Gasteiger charge is -2.26. The van der Waals surface area contributed by atoms with E-state index in [0.717, 1.165) is 17.1 Å². The van der Waals surface area contributed by atoms with Crippen molar-refractivity contribution in [3.63, 3.8) is 0 Å². The highest BCUT2D eigenvalue weighted by molar-refractivity contribution is 7.26. The van der Waals surface area contributed by atoms with E-state index >= 15 is 0 Å². The Morgan fingerprint density at radius 1 is 0.340 bits per heavy atom.